The fourth-order valence-corrected chi connectivity index (χ4v) is 1.20. The predicted octanol–water partition coefficient (Wildman–Crippen LogP) is -1.78. The summed E-state index contributed by atoms with van der Waals surface area (Å²) in [4.78, 5) is 45.8. The van der Waals surface area contributed by atoms with Crippen LogP contribution in [0, 0.1) is 0 Å². The molecule has 1 atom stereocenters. The third-order valence-electron chi connectivity index (χ3n) is 2.14. The van der Waals surface area contributed by atoms with Crippen molar-refractivity contribution in [1.82, 2.24) is 10.2 Å². The van der Waals surface area contributed by atoms with Gasteiger partial charge in [0.05, 0.1) is 14.2 Å². The lowest BCUT2D eigenvalue weighted by molar-refractivity contribution is -0.152. The number of ether oxygens (including phenoxy) is 2. The highest BCUT2D eigenvalue weighted by Gasteiger charge is 2.25. The first-order valence-electron chi connectivity index (χ1n) is 5.30. The smallest absolute Gasteiger partial charge is 0.325 e. The average molecular weight is 275 g/mol. The Morgan fingerprint density at radius 3 is 1.84 bits per heavy atom. The van der Waals surface area contributed by atoms with Gasteiger partial charge in [-0.3, -0.25) is 14.4 Å². The minimum Gasteiger partial charge on any atom is -0.468 e. The van der Waals surface area contributed by atoms with Gasteiger partial charge < -0.3 is 25.4 Å². The van der Waals surface area contributed by atoms with Crippen LogP contribution in [0.3, 0.4) is 0 Å². The van der Waals surface area contributed by atoms with Gasteiger partial charge in [-0.15, -0.1) is 0 Å². The van der Waals surface area contributed by atoms with Gasteiger partial charge in [0.1, 0.15) is 19.1 Å². The summed E-state index contributed by atoms with van der Waals surface area (Å²) in [5.74, 6) is -2.07. The molecule has 0 saturated heterocycles. The molecule has 0 aromatic carbocycles. The van der Waals surface area contributed by atoms with Crippen LogP contribution in [0.15, 0.2) is 0 Å². The van der Waals surface area contributed by atoms with Crippen LogP contribution in [0.4, 0.5) is 4.79 Å². The average Bonchev–Trinajstić information content (AvgIpc) is 2.35. The van der Waals surface area contributed by atoms with Crippen LogP contribution in [0.2, 0.25) is 0 Å². The second-order valence-electron chi connectivity index (χ2n) is 3.58. The van der Waals surface area contributed by atoms with Crippen LogP contribution in [0.1, 0.15) is 6.92 Å². The van der Waals surface area contributed by atoms with Crippen molar-refractivity contribution in [3.63, 3.8) is 0 Å². The van der Waals surface area contributed by atoms with Crippen molar-refractivity contribution in [2.45, 2.75) is 13.0 Å². The van der Waals surface area contributed by atoms with Gasteiger partial charge in [0.15, 0.2) is 0 Å². The van der Waals surface area contributed by atoms with Crippen LogP contribution in [-0.2, 0) is 23.9 Å². The Hall–Kier alpha value is -2.32. The molecular weight excluding hydrogens is 258 g/mol. The number of nitrogens with zero attached hydrogens (tertiary/aromatic N) is 1. The highest BCUT2D eigenvalue weighted by molar-refractivity contribution is 5.91. The number of nitrogens with one attached hydrogen (secondary N) is 1. The van der Waals surface area contributed by atoms with Crippen molar-refractivity contribution in [3.8, 4) is 0 Å². The Labute approximate surface area is 110 Å². The van der Waals surface area contributed by atoms with Crippen LogP contribution in [0.5, 0.6) is 0 Å². The SMILES string of the molecule is COC(=O)CN(CC(=O)OC)C(=O)C(C)NC(N)=O. The first kappa shape index (κ1) is 16.7. The third-order valence-corrected chi connectivity index (χ3v) is 2.14. The minimum absolute atomic E-state index is 0.435. The largest absolute Gasteiger partial charge is 0.468 e. The maximum atomic E-state index is 11.9. The number of methoxy groups -OCH3 is 2. The second kappa shape index (κ2) is 7.90. The number of urea groups is 1. The van der Waals surface area contributed by atoms with Gasteiger partial charge in [-0.25, -0.2) is 4.79 Å². The Balaban J connectivity index is 4.79. The fourth-order valence-electron chi connectivity index (χ4n) is 1.20. The monoisotopic (exact) mass is 275 g/mol. The van der Waals surface area contributed by atoms with Gasteiger partial charge in [0.25, 0.3) is 0 Å². The van der Waals surface area contributed by atoms with Crippen molar-refractivity contribution in [2.75, 3.05) is 27.3 Å². The van der Waals surface area contributed by atoms with Gasteiger partial charge in [0.2, 0.25) is 5.91 Å². The summed E-state index contributed by atoms with van der Waals surface area (Å²) in [5, 5.41) is 2.15. The normalized spacial score (nSPS) is 11.1. The lowest BCUT2D eigenvalue weighted by atomic mass is 10.2. The summed E-state index contributed by atoms with van der Waals surface area (Å²) in [5.41, 5.74) is 4.88. The molecule has 1 unspecified atom stereocenters. The Kier molecular flexibility index (Phi) is 6.94. The van der Waals surface area contributed by atoms with Crippen molar-refractivity contribution in [2.24, 2.45) is 5.73 Å². The summed E-state index contributed by atoms with van der Waals surface area (Å²) < 4.78 is 8.82. The Morgan fingerprint density at radius 2 is 1.53 bits per heavy atom. The molecule has 3 amide bonds. The molecule has 3 N–H and O–H groups in total. The van der Waals surface area contributed by atoms with E-state index in [9.17, 15) is 19.2 Å². The molecule has 0 radical (unpaired) electrons. The van der Waals surface area contributed by atoms with E-state index in [2.05, 4.69) is 14.8 Å². The van der Waals surface area contributed by atoms with Crippen LogP contribution in [0.25, 0.3) is 0 Å². The number of primary amides is 1. The van der Waals surface area contributed by atoms with Crippen LogP contribution in [-0.4, -0.2) is 62.1 Å². The molecule has 0 aliphatic carbocycles. The second-order valence-corrected chi connectivity index (χ2v) is 3.58. The summed E-state index contributed by atoms with van der Waals surface area (Å²) in [7, 11) is 2.29. The molecular formula is C10H17N3O6. The number of hydrogen-bond acceptors (Lipinski definition) is 6. The van der Waals surface area contributed by atoms with Gasteiger partial charge in [-0.2, -0.15) is 0 Å². The van der Waals surface area contributed by atoms with E-state index in [0.717, 1.165) is 19.1 Å². The molecule has 9 nitrogen and oxygen atoms in total. The van der Waals surface area contributed by atoms with Gasteiger partial charge in [-0.05, 0) is 6.92 Å². The van der Waals surface area contributed by atoms with Crippen LogP contribution >= 0.6 is 0 Å². The summed E-state index contributed by atoms with van der Waals surface area (Å²) in [6.45, 7) is 0.499. The molecule has 0 aromatic heterocycles. The summed E-state index contributed by atoms with van der Waals surface area (Å²) >= 11 is 0. The number of hydrogen-bond donors (Lipinski definition) is 2. The number of esters is 2. The predicted molar refractivity (Wildman–Crippen MR) is 62.8 cm³/mol. The topological polar surface area (TPSA) is 128 Å². The zero-order chi connectivity index (χ0) is 15.0. The maximum Gasteiger partial charge on any atom is 0.325 e. The standard InChI is InChI=1S/C10H17N3O6/c1-6(12-10(11)17)9(16)13(4-7(14)18-2)5-8(15)19-3/h6H,4-5H2,1-3H3,(H3,11,12,17). The zero-order valence-electron chi connectivity index (χ0n) is 11.0. The fraction of sp³-hybridized carbons (Fsp3) is 0.600. The van der Waals surface area contributed by atoms with E-state index in [1.807, 2.05) is 0 Å². The van der Waals surface area contributed by atoms with E-state index in [0.29, 0.717) is 0 Å². The summed E-state index contributed by atoms with van der Waals surface area (Å²) in [6.07, 6.45) is 0. The quantitative estimate of drug-likeness (QED) is 0.551. The molecule has 0 bridgehead atoms. The van der Waals surface area contributed by atoms with Crippen molar-refractivity contribution < 1.29 is 28.7 Å². The number of nitrogens with two attached hydrogens (primary N) is 1. The molecule has 0 aliphatic rings. The molecule has 0 fully saturated rings. The third kappa shape index (κ3) is 6.24. The Morgan fingerprint density at radius 1 is 1.11 bits per heavy atom. The van der Waals surface area contributed by atoms with Crippen molar-refractivity contribution in [1.29, 1.82) is 0 Å². The first-order chi connectivity index (χ1) is 8.81. The highest BCUT2D eigenvalue weighted by atomic mass is 16.5. The minimum atomic E-state index is -0.980. The van der Waals surface area contributed by atoms with Gasteiger partial charge in [0, 0.05) is 0 Å². The van der Waals surface area contributed by atoms with E-state index in [-0.39, 0.29) is 0 Å². The summed E-state index contributed by atoms with van der Waals surface area (Å²) in [6, 6.07) is -1.87. The maximum absolute atomic E-state index is 11.9. The molecule has 0 aromatic rings. The number of rotatable bonds is 6. The van der Waals surface area contributed by atoms with E-state index in [1.54, 1.807) is 0 Å². The molecule has 0 aliphatic heterocycles. The van der Waals surface area contributed by atoms with E-state index in [1.165, 1.54) is 6.92 Å². The lowest BCUT2D eigenvalue weighted by Gasteiger charge is -2.23. The molecule has 19 heavy (non-hydrogen) atoms. The van der Waals surface area contributed by atoms with Crippen LogP contribution < -0.4 is 11.1 Å². The zero-order valence-corrected chi connectivity index (χ0v) is 11.0. The van der Waals surface area contributed by atoms with E-state index >= 15 is 0 Å². The Bertz CT molecular complexity index is 352. The molecule has 0 heterocycles. The highest BCUT2D eigenvalue weighted by Crippen LogP contribution is 1.97. The van der Waals surface area contributed by atoms with Gasteiger partial charge >= 0.3 is 18.0 Å². The number of amides is 3. The number of carbonyl (C=O) groups is 4. The van der Waals surface area contributed by atoms with Crippen molar-refractivity contribution in [3.05, 3.63) is 0 Å². The first-order valence-corrected chi connectivity index (χ1v) is 5.30. The van der Waals surface area contributed by atoms with E-state index in [4.69, 9.17) is 5.73 Å². The number of carbonyl (C=O) groups excluding carboxylic acids is 4. The lowest BCUT2D eigenvalue weighted by Crippen LogP contribution is -2.51. The van der Waals surface area contributed by atoms with Gasteiger partial charge in [-0.1, -0.05) is 0 Å². The molecule has 108 valence electrons. The molecule has 0 rings (SSSR count). The molecule has 9 heteroatoms. The van der Waals surface area contributed by atoms with Crippen molar-refractivity contribution >= 4 is 23.9 Å². The molecule has 0 spiro atoms. The van der Waals surface area contributed by atoms with E-state index < -0.39 is 43.0 Å². The molecule has 0 saturated carbocycles.